The van der Waals surface area contributed by atoms with Crippen LogP contribution in [0, 0.1) is 12.7 Å². The van der Waals surface area contributed by atoms with Crippen molar-refractivity contribution in [2.75, 3.05) is 20.3 Å². The standard InChI is InChI=1S/C15H20FN3OS/c1-11-14(10-17-8-9-20-3)15(19(2)18-11)21-13-6-4-12(16)5-7-13/h4-7,17H,8-10H2,1-3H3. The molecule has 0 saturated heterocycles. The quantitative estimate of drug-likeness (QED) is 0.798. The van der Waals surface area contributed by atoms with E-state index in [9.17, 15) is 4.39 Å². The molecule has 0 spiro atoms. The van der Waals surface area contributed by atoms with Crippen LogP contribution in [0.3, 0.4) is 0 Å². The highest BCUT2D eigenvalue weighted by Gasteiger charge is 2.14. The fourth-order valence-corrected chi connectivity index (χ4v) is 3.03. The minimum absolute atomic E-state index is 0.220. The highest BCUT2D eigenvalue weighted by Crippen LogP contribution is 2.31. The number of halogens is 1. The summed E-state index contributed by atoms with van der Waals surface area (Å²) in [4.78, 5) is 0.998. The van der Waals surface area contributed by atoms with Gasteiger partial charge in [0, 0.05) is 37.7 Å². The molecule has 1 aromatic heterocycles. The second-order valence-electron chi connectivity index (χ2n) is 4.72. The van der Waals surface area contributed by atoms with Gasteiger partial charge >= 0.3 is 0 Å². The Labute approximate surface area is 128 Å². The van der Waals surface area contributed by atoms with Gasteiger partial charge in [-0.2, -0.15) is 5.10 Å². The summed E-state index contributed by atoms with van der Waals surface area (Å²) >= 11 is 1.60. The smallest absolute Gasteiger partial charge is 0.123 e. The van der Waals surface area contributed by atoms with Gasteiger partial charge in [-0.25, -0.2) is 4.39 Å². The molecule has 1 heterocycles. The van der Waals surface area contributed by atoms with Crippen LogP contribution in [-0.2, 0) is 18.3 Å². The SMILES string of the molecule is COCCNCc1c(C)nn(C)c1Sc1ccc(F)cc1. The molecule has 21 heavy (non-hydrogen) atoms. The third-order valence-electron chi connectivity index (χ3n) is 3.10. The Bertz CT molecular complexity index is 583. The fraction of sp³-hybridized carbons (Fsp3) is 0.400. The molecule has 0 aliphatic carbocycles. The maximum atomic E-state index is 13.0. The highest BCUT2D eigenvalue weighted by molar-refractivity contribution is 7.99. The zero-order chi connectivity index (χ0) is 15.2. The number of nitrogens with one attached hydrogen (secondary N) is 1. The lowest BCUT2D eigenvalue weighted by Crippen LogP contribution is -2.19. The van der Waals surface area contributed by atoms with Gasteiger partial charge in [-0.05, 0) is 31.2 Å². The molecule has 0 atom stereocenters. The van der Waals surface area contributed by atoms with Gasteiger partial charge in [0.1, 0.15) is 10.8 Å². The van der Waals surface area contributed by atoms with E-state index >= 15 is 0 Å². The Balaban J connectivity index is 2.12. The molecule has 0 amide bonds. The highest BCUT2D eigenvalue weighted by atomic mass is 32.2. The van der Waals surface area contributed by atoms with Gasteiger partial charge in [-0.1, -0.05) is 11.8 Å². The molecular formula is C15H20FN3OS. The van der Waals surface area contributed by atoms with Crippen LogP contribution in [0.5, 0.6) is 0 Å². The maximum Gasteiger partial charge on any atom is 0.123 e. The van der Waals surface area contributed by atoms with Gasteiger partial charge in [-0.15, -0.1) is 0 Å². The summed E-state index contributed by atoms with van der Waals surface area (Å²) in [5.41, 5.74) is 2.18. The number of ether oxygens (including phenoxy) is 1. The van der Waals surface area contributed by atoms with Crippen molar-refractivity contribution in [3.8, 4) is 0 Å². The summed E-state index contributed by atoms with van der Waals surface area (Å²) in [6.07, 6.45) is 0. The zero-order valence-corrected chi connectivity index (χ0v) is 13.3. The van der Waals surface area contributed by atoms with Crippen LogP contribution in [0.1, 0.15) is 11.3 Å². The monoisotopic (exact) mass is 309 g/mol. The van der Waals surface area contributed by atoms with Crippen molar-refractivity contribution in [2.24, 2.45) is 7.05 Å². The van der Waals surface area contributed by atoms with E-state index in [4.69, 9.17) is 4.74 Å². The first-order valence-corrected chi connectivity index (χ1v) is 7.59. The van der Waals surface area contributed by atoms with Gasteiger partial charge in [0.2, 0.25) is 0 Å². The first-order chi connectivity index (χ1) is 10.1. The van der Waals surface area contributed by atoms with Crippen molar-refractivity contribution in [1.29, 1.82) is 0 Å². The number of hydrogen-bond acceptors (Lipinski definition) is 4. The van der Waals surface area contributed by atoms with Crippen molar-refractivity contribution in [1.82, 2.24) is 15.1 Å². The predicted octanol–water partition coefficient (Wildman–Crippen LogP) is 2.75. The van der Waals surface area contributed by atoms with E-state index in [1.807, 2.05) is 18.7 Å². The number of aryl methyl sites for hydroxylation is 2. The molecular weight excluding hydrogens is 289 g/mol. The van der Waals surface area contributed by atoms with E-state index in [0.29, 0.717) is 6.61 Å². The average molecular weight is 309 g/mol. The van der Waals surface area contributed by atoms with Crippen LogP contribution in [0.15, 0.2) is 34.2 Å². The van der Waals surface area contributed by atoms with Crippen LogP contribution < -0.4 is 5.32 Å². The largest absolute Gasteiger partial charge is 0.383 e. The van der Waals surface area contributed by atoms with Crippen LogP contribution in [0.25, 0.3) is 0 Å². The Kier molecular flexibility index (Phi) is 5.78. The second-order valence-corrected chi connectivity index (χ2v) is 5.78. The van der Waals surface area contributed by atoms with E-state index in [-0.39, 0.29) is 5.82 Å². The molecule has 6 heteroatoms. The summed E-state index contributed by atoms with van der Waals surface area (Å²) in [6.45, 7) is 4.22. The Morgan fingerprint density at radius 2 is 2.05 bits per heavy atom. The van der Waals surface area contributed by atoms with Crippen LogP contribution in [-0.4, -0.2) is 30.0 Å². The summed E-state index contributed by atoms with van der Waals surface area (Å²) in [5.74, 6) is -0.220. The summed E-state index contributed by atoms with van der Waals surface area (Å²) < 4.78 is 19.9. The Hall–Kier alpha value is -1.37. The molecule has 0 radical (unpaired) electrons. The summed E-state index contributed by atoms with van der Waals surface area (Å²) in [6, 6.07) is 6.51. The molecule has 0 saturated carbocycles. The maximum absolute atomic E-state index is 13.0. The number of benzene rings is 1. The van der Waals surface area contributed by atoms with Crippen molar-refractivity contribution < 1.29 is 9.13 Å². The van der Waals surface area contributed by atoms with Gasteiger partial charge in [0.05, 0.1) is 12.3 Å². The molecule has 2 rings (SSSR count). The number of aromatic nitrogens is 2. The van der Waals surface area contributed by atoms with E-state index in [1.54, 1.807) is 31.0 Å². The third-order valence-corrected chi connectivity index (χ3v) is 4.31. The van der Waals surface area contributed by atoms with Crippen molar-refractivity contribution >= 4 is 11.8 Å². The van der Waals surface area contributed by atoms with Gasteiger partial charge < -0.3 is 10.1 Å². The molecule has 0 aliphatic heterocycles. The topological polar surface area (TPSA) is 39.1 Å². The number of rotatable bonds is 7. The van der Waals surface area contributed by atoms with Gasteiger partial charge in [0.25, 0.3) is 0 Å². The molecule has 0 fully saturated rings. The first-order valence-electron chi connectivity index (χ1n) is 6.77. The van der Waals surface area contributed by atoms with Crippen LogP contribution >= 0.6 is 11.8 Å². The Morgan fingerprint density at radius 3 is 2.71 bits per heavy atom. The fourth-order valence-electron chi connectivity index (χ4n) is 2.01. The average Bonchev–Trinajstić information content (AvgIpc) is 2.72. The summed E-state index contributed by atoms with van der Waals surface area (Å²) in [7, 11) is 3.62. The first kappa shape index (κ1) is 16.0. The lowest BCUT2D eigenvalue weighted by atomic mass is 10.2. The normalized spacial score (nSPS) is 11.0. The number of nitrogens with zero attached hydrogens (tertiary/aromatic N) is 2. The molecule has 1 N–H and O–H groups in total. The molecule has 0 bridgehead atoms. The van der Waals surface area contributed by atoms with Crippen LogP contribution in [0.2, 0.25) is 0 Å². The van der Waals surface area contributed by atoms with E-state index in [1.165, 1.54) is 17.7 Å². The summed E-state index contributed by atoms with van der Waals surface area (Å²) in [5, 5.41) is 8.89. The molecule has 4 nitrogen and oxygen atoms in total. The van der Waals surface area contributed by atoms with Crippen molar-refractivity contribution in [3.05, 3.63) is 41.3 Å². The zero-order valence-electron chi connectivity index (χ0n) is 12.5. The second kappa shape index (κ2) is 7.59. The van der Waals surface area contributed by atoms with Gasteiger partial charge in [-0.3, -0.25) is 4.68 Å². The van der Waals surface area contributed by atoms with E-state index in [0.717, 1.165) is 28.7 Å². The van der Waals surface area contributed by atoms with Crippen molar-refractivity contribution in [3.63, 3.8) is 0 Å². The minimum atomic E-state index is -0.220. The third kappa shape index (κ3) is 4.30. The molecule has 114 valence electrons. The van der Waals surface area contributed by atoms with E-state index in [2.05, 4.69) is 10.4 Å². The number of hydrogen-bond donors (Lipinski definition) is 1. The minimum Gasteiger partial charge on any atom is -0.383 e. The lowest BCUT2D eigenvalue weighted by molar-refractivity contribution is 0.199. The number of methoxy groups -OCH3 is 1. The predicted molar refractivity (Wildman–Crippen MR) is 82.1 cm³/mol. The lowest BCUT2D eigenvalue weighted by Gasteiger charge is -2.08. The molecule has 1 aromatic carbocycles. The van der Waals surface area contributed by atoms with Gasteiger partial charge in [0.15, 0.2) is 0 Å². The van der Waals surface area contributed by atoms with E-state index < -0.39 is 0 Å². The molecule has 0 aliphatic rings. The van der Waals surface area contributed by atoms with Crippen LogP contribution in [0.4, 0.5) is 4.39 Å². The molecule has 2 aromatic rings. The molecule has 0 unspecified atom stereocenters. The Morgan fingerprint density at radius 1 is 1.33 bits per heavy atom. The van der Waals surface area contributed by atoms with Crippen molar-refractivity contribution in [2.45, 2.75) is 23.4 Å².